The van der Waals surface area contributed by atoms with Gasteiger partial charge in [-0.15, -0.1) is 0 Å². The van der Waals surface area contributed by atoms with Crippen LogP contribution in [0.2, 0.25) is 0 Å². The van der Waals surface area contributed by atoms with Gasteiger partial charge in [0, 0.05) is 12.1 Å². The van der Waals surface area contributed by atoms with Crippen molar-refractivity contribution in [1.29, 1.82) is 0 Å². The number of nitrogens with one attached hydrogen (secondary N) is 1. The van der Waals surface area contributed by atoms with E-state index >= 15 is 0 Å². The van der Waals surface area contributed by atoms with Gasteiger partial charge in [0.25, 0.3) is 11.6 Å². The number of amides is 1. The molecule has 1 saturated heterocycles. The van der Waals surface area contributed by atoms with Gasteiger partial charge in [-0.3, -0.25) is 19.8 Å². The summed E-state index contributed by atoms with van der Waals surface area (Å²) in [6, 6.07) is 14.9. The molecular formula is C24H25N3O5. The zero-order valence-corrected chi connectivity index (χ0v) is 17.9. The van der Waals surface area contributed by atoms with Crippen LogP contribution >= 0.6 is 0 Å². The number of hydrogen-bond acceptors (Lipinski definition) is 6. The van der Waals surface area contributed by atoms with Gasteiger partial charge in [0.2, 0.25) is 0 Å². The van der Waals surface area contributed by atoms with E-state index in [1.165, 1.54) is 31.4 Å². The Bertz CT molecular complexity index is 1120. The van der Waals surface area contributed by atoms with Crippen LogP contribution in [0.3, 0.4) is 0 Å². The van der Waals surface area contributed by atoms with E-state index in [0.717, 1.165) is 24.4 Å². The number of nitrogens with zero attached hydrogens (tertiary/aromatic N) is 2. The van der Waals surface area contributed by atoms with Gasteiger partial charge in [0.05, 0.1) is 23.2 Å². The molecule has 1 aliphatic rings. The number of rotatable bonds is 7. The van der Waals surface area contributed by atoms with Crippen LogP contribution in [-0.4, -0.2) is 28.8 Å². The molecule has 32 heavy (non-hydrogen) atoms. The van der Waals surface area contributed by atoms with E-state index in [-0.39, 0.29) is 22.9 Å². The van der Waals surface area contributed by atoms with E-state index in [9.17, 15) is 14.9 Å². The van der Waals surface area contributed by atoms with E-state index in [1.807, 2.05) is 25.1 Å². The highest BCUT2D eigenvalue weighted by Crippen LogP contribution is 2.30. The van der Waals surface area contributed by atoms with Crippen LogP contribution in [0.1, 0.15) is 41.1 Å². The highest BCUT2D eigenvalue weighted by Gasteiger charge is 2.18. The molecule has 0 spiro atoms. The molecule has 0 atom stereocenters. The molecule has 3 aromatic rings. The molecule has 4 rings (SSSR count). The van der Waals surface area contributed by atoms with Gasteiger partial charge in [0.15, 0.2) is 5.76 Å². The third-order valence-electron chi connectivity index (χ3n) is 5.30. The zero-order chi connectivity index (χ0) is 22.5. The molecule has 1 amide bonds. The summed E-state index contributed by atoms with van der Waals surface area (Å²) in [7, 11) is 0. The summed E-state index contributed by atoms with van der Waals surface area (Å²) >= 11 is 0. The Morgan fingerprint density at radius 1 is 1.09 bits per heavy atom. The number of furan rings is 1. The van der Waals surface area contributed by atoms with Crippen molar-refractivity contribution in [2.75, 3.05) is 18.4 Å². The molecule has 1 N–H and O–H groups in total. The monoisotopic (exact) mass is 435 g/mol. The second-order valence-corrected chi connectivity index (χ2v) is 7.95. The number of benzene rings is 2. The molecule has 0 bridgehead atoms. The van der Waals surface area contributed by atoms with Gasteiger partial charge in [-0.1, -0.05) is 18.6 Å². The maximum atomic E-state index is 12.7. The summed E-state index contributed by atoms with van der Waals surface area (Å²) in [6.45, 7) is 4.65. The SMILES string of the molecule is Cc1cccc(Oc2cc(NC(=O)c3ccc(CN4CCCCC4)o3)cc([N+](=O)[O-])c2)c1. The molecular weight excluding hydrogens is 410 g/mol. The minimum atomic E-state index is -0.525. The van der Waals surface area contributed by atoms with Gasteiger partial charge in [0.1, 0.15) is 17.3 Å². The predicted octanol–water partition coefficient (Wildman–Crippen LogP) is 5.53. The molecule has 2 heterocycles. The number of carbonyl (C=O) groups excluding carboxylic acids is 1. The maximum absolute atomic E-state index is 12.7. The summed E-state index contributed by atoms with van der Waals surface area (Å²) in [4.78, 5) is 25.8. The molecule has 8 nitrogen and oxygen atoms in total. The number of nitro groups is 1. The lowest BCUT2D eigenvalue weighted by atomic mass is 10.1. The van der Waals surface area contributed by atoms with Crippen molar-refractivity contribution in [2.24, 2.45) is 0 Å². The van der Waals surface area contributed by atoms with Gasteiger partial charge in [-0.25, -0.2) is 0 Å². The number of aryl methyl sites for hydroxylation is 1. The highest BCUT2D eigenvalue weighted by molar-refractivity contribution is 6.02. The van der Waals surface area contributed by atoms with Crippen LogP contribution < -0.4 is 10.1 Å². The summed E-state index contributed by atoms with van der Waals surface area (Å²) in [6.07, 6.45) is 3.60. The average Bonchev–Trinajstić information content (AvgIpc) is 3.23. The number of piperidine rings is 1. The van der Waals surface area contributed by atoms with Gasteiger partial charge in [-0.05, 0) is 62.7 Å². The first kappa shape index (κ1) is 21.6. The van der Waals surface area contributed by atoms with Crippen molar-refractivity contribution in [2.45, 2.75) is 32.7 Å². The first-order valence-corrected chi connectivity index (χ1v) is 10.6. The lowest BCUT2D eigenvalue weighted by Gasteiger charge is -2.25. The fraction of sp³-hybridized carbons (Fsp3) is 0.292. The van der Waals surface area contributed by atoms with Gasteiger partial charge in [-0.2, -0.15) is 0 Å². The van der Waals surface area contributed by atoms with Crippen LogP contribution in [0.25, 0.3) is 0 Å². The summed E-state index contributed by atoms with van der Waals surface area (Å²) in [5.41, 5.74) is 1.07. The largest absolute Gasteiger partial charge is 0.457 e. The first-order valence-electron chi connectivity index (χ1n) is 10.6. The van der Waals surface area contributed by atoms with Crippen LogP contribution in [0.5, 0.6) is 11.5 Å². The van der Waals surface area contributed by atoms with Crippen molar-refractivity contribution in [3.63, 3.8) is 0 Å². The zero-order valence-electron chi connectivity index (χ0n) is 17.9. The smallest absolute Gasteiger partial charge is 0.291 e. The molecule has 166 valence electrons. The number of likely N-dealkylation sites (tertiary alicyclic amines) is 1. The fourth-order valence-corrected chi connectivity index (χ4v) is 3.75. The minimum Gasteiger partial charge on any atom is -0.457 e. The third-order valence-corrected chi connectivity index (χ3v) is 5.30. The van der Waals surface area contributed by atoms with E-state index < -0.39 is 10.8 Å². The molecule has 8 heteroatoms. The van der Waals surface area contributed by atoms with Crippen LogP contribution in [0.4, 0.5) is 11.4 Å². The number of nitro benzene ring substituents is 1. The molecule has 1 aromatic heterocycles. The number of non-ortho nitro benzene ring substituents is 1. The predicted molar refractivity (Wildman–Crippen MR) is 120 cm³/mol. The van der Waals surface area contributed by atoms with E-state index in [1.54, 1.807) is 24.3 Å². The molecule has 0 radical (unpaired) electrons. The second-order valence-electron chi connectivity index (χ2n) is 7.95. The Kier molecular flexibility index (Phi) is 6.51. The van der Waals surface area contributed by atoms with Crippen molar-refractivity contribution in [3.8, 4) is 11.5 Å². The Morgan fingerprint density at radius 2 is 1.91 bits per heavy atom. The molecule has 0 aliphatic carbocycles. The van der Waals surface area contributed by atoms with Crippen molar-refractivity contribution < 1.29 is 18.9 Å². The summed E-state index contributed by atoms with van der Waals surface area (Å²) in [5.74, 6) is 1.21. The maximum Gasteiger partial charge on any atom is 0.291 e. The molecule has 1 fully saturated rings. The number of hydrogen-bond donors (Lipinski definition) is 1. The number of carbonyl (C=O) groups is 1. The highest BCUT2D eigenvalue weighted by atomic mass is 16.6. The lowest BCUT2D eigenvalue weighted by molar-refractivity contribution is -0.384. The average molecular weight is 435 g/mol. The first-order chi connectivity index (χ1) is 15.5. The minimum absolute atomic E-state index is 0.157. The standard InChI is InChI=1S/C24H25N3O5/c1-17-6-5-7-20(12-17)31-22-14-18(13-19(15-22)27(29)30)25-24(28)23-9-8-21(32-23)16-26-10-3-2-4-11-26/h5-9,12-15H,2-4,10-11,16H2,1H3,(H,25,28). The van der Waals surface area contributed by atoms with Gasteiger partial charge >= 0.3 is 0 Å². The molecule has 0 saturated carbocycles. The van der Waals surface area contributed by atoms with Crippen molar-refractivity contribution in [3.05, 3.63) is 81.8 Å². The molecule has 0 unspecified atom stereocenters. The number of anilines is 1. The van der Waals surface area contributed by atoms with Gasteiger partial charge < -0.3 is 14.5 Å². The van der Waals surface area contributed by atoms with Crippen molar-refractivity contribution >= 4 is 17.3 Å². The topological polar surface area (TPSA) is 97.8 Å². The summed E-state index contributed by atoms with van der Waals surface area (Å²) < 4.78 is 11.5. The lowest BCUT2D eigenvalue weighted by Crippen LogP contribution is -2.28. The van der Waals surface area contributed by atoms with E-state index in [4.69, 9.17) is 9.15 Å². The second kappa shape index (κ2) is 9.65. The quantitative estimate of drug-likeness (QED) is 0.387. The van der Waals surface area contributed by atoms with Crippen molar-refractivity contribution in [1.82, 2.24) is 4.90 Å². The Morgan fingerprint density at radius 3 is 2.66 bits per heavy atom. The van der Waals surface area contributed by atoms with E-state index in [2.05, 4.69) is 10.2 Å². The summed E-state index contributed by atoms with van der Waals surface area (Å²) in [5, 5.41) is 14.1. The van der Waals surface area contributed by atoms with E-state index in [0.29, 0.717) is 12.3 Å². The van der Waals surface area contributed by atoms with Crippen LogP contribution in [-0.2, 0) is 6.54 Å². The Labute approximate surface area is 185 Å². The Balaban J connectivity index is 1.48. The third kappa shape index (κ3) is 5.53. The van der Waals surface area contributed by atoms with Crippen LogP contribution in [0.15, 0.2) is 59.0 Å². The van der Waals surface area contributed by atoms with Crippen LogP contribution in [0, 0.1) is 17.0 Å². The molecule has 2 aromatic carbocycles. The molecule has 1 aliphatic heterocycles. The number of ether oxygens (including phenoxy) is 1. The fourth-order valence-electron chi connectivity index (χ4n) is 3.75. The Hall–Kier alpha value is -3.65. The normalized spacial score (nSPS) is 14.2.